The number of nitrogens with zero attached hydrogens (tertiary/aromatic N) is 3. The summed E-state index contributed by atoms with van der Waals surface area (Å²) in [5.74, 6) is 0. The summed E-state index contributed by atoms with van der Waals surface area (Å²) >= 11 is 0. The monoisotopic (exact) mass is 233 g/mol. The summed E-state index contributed by atoms with van der Waals surface area (Å²) in [6.07, 6.45) is 9.02. The summed E-state index contributed by atoms with van der Waals surface area (Å²) in [6, 6.07) is 0.657. The summed E-state index contributed by atoms with van der Waals surface area (Å²) in [5, 5.41) is 4.38. The summed E-state index contributed by atoms with van der Waals surface area (Å²) < 4.78 is 2.08. The molecule has 1 atom stereocenters. The Bertz CT molecular complexity index is 388. The summed E-state index contributed by atoms with van der Waals surface area (Å²) in [7, 11) is 0. The van der Waals surface area contributed by atoms with Gasteiger partial charge < -0.3 is 0 Å². The van der Waals surface area contributed by atoms with Gasteiger partial charge in [0.05, 0.1) is 12.7 Å². The molecular weight excluding hydrogens is 210 g/mol. The average Bonchev–Trinajstić information content (AvgIpc) is 2.86. The third-order valence-corrected chi connectivity index (χ3v) is 3.39. The molecule has 2 rings (SSSR count). The molecule has 3 heteroatoms. The minimum absolute atomic E-state index is 0.657. The van der Waals surface area contributed by atoms with Crippen molar-refractivity contribution in [3.8, 4) is 0 Å². The lowest BCUT2D eigenvalue weighted by molar-refractivity contribution is 0.249. The zero-order chi connectivity index (χ0) is 12.3. The Morgan fingerprint density at radius 3 is 3.00 bits per heavy atom. The maximum Gasteiger partial charge on any atom is 0.0565 e. The first-order valence-electron chi connectivity index (χ1n) is 6.51. The Labute approximate surface area is 104 Å². The number of rotatable bonds is 4. The number of aryl methyl sites for hydroxylation is 1. The number of likely N-dealkylation sites (tertiary alicyclic amines) is 1. The Morgan fingerprint density at radius 2 is 2.35 bits per heavy atom. The summed E-state index contributed by atoms with van der Waals surface area (Å²) in [5.41, 5.74) is 2.66. The predicted octanol–water partition coefficient (Wildman–Crippen LogP) is 2.62. The van der Waals surface area contributed by atoms with E-state index < -0.39 is 0 Å². The molecule has 0 aromatic carbocycles. The van der Waals surface area contributed by atoms with Crippen LogP contribution in [-0.2, 0) is 6.54 Å². The van der Waals surface area contributed by atoms with Crippen molar-refractivity contribution in [1.29, 1.82) is 0 Å². The fourth-order valence-corrected chi connectivity index (χ4v) is 2.42. The van der Waals surface area contributed by atoms with E-state index in [2.05, 4.69) is 47.7 Å². The number of aromatic nitrogens is 2. The van der Waals surface area contributed by atoms with Crippen LogP contribution < -0.4 is 0 Å². The molecule has 94 valence electrons. The summed E-state index contributed by atoms with van der Waals surface area (Å²) in [4.78, 5) is 2.57. The molecule has 0 radical (unpaired) electrons. The zero-order valence-electron chi connectivity index (χ0n) is 11.2. The molecule has 1 aromatic rings. The van der Waals surface area contributed by atoms with E-state index in [1.165, 1.54) is 30.5 Å². The third kappa shape index (κ3) is 3.43. The Balaban J connectivity index is 1.93. The van der Waals surface area contributed by atoms with Gasteiger partial charge in [0.1, 0.15) is 0 Å². The highest BCUT2D eigenvalue weighted by Gasteiger charge is 2.23. The Hall–Kier alpha value is -1.09. The Morgan fingerprint density at radius 1 is 1.53 bits per heavy atom. The first-order chi connectivity index (χ1) is 8.15. The predicted molar refractivity (Wildman–Crippen MR) is 71.0 cm³/mol. The topological polar surface area (TPSA) is 21.1 Å². The van der Waals surface area contributed by atoms with Gasteiger partial charge in [-0.2, -0.15) is 5.10 Å². The quantitative estimate of drug-likeness (QED) is 0.745. The maximum atomic E-state index is 4.38. The second-order valence-electron chi connectivity index (χ2n) is 5.31. The smallest absolute Gasteiger partial charge is 0.0565 e. The van der Waals surface area contributed by atoms with Gasteiger partial charge >= 0.3 is 0 Å². The number of hydrogen-bond acceptors (Lipinski definition) is 2. The molecule has 2 heterocycles. The molecule has 0 spiro atoms. The number of allylic oxidation sites excluding steroid dienone is 1. The van der Waals surface area contributed by atoms with Crippen molar-refractivity contribution >= 4 is 0 Å². The van der Waals surface area contributed by atoms with Gasteiger partial charge in [0.15, 0.2) is 0 Å². The number of hydrogen-bond donors (Lipinski definition) is 0. The van der Waals surface area contributed by atoms with Gasteiger partial charge in [-0.1, -0.05) is 11.6 Å². The first kappa shape index (κ1) is 12.4. The van der Waals surface area contributed by atoms with Gasteiger partial charge in [-0.3, -0.25) is 9.58 Å². The van der Waals surface area contributed by atoms with Crippen molar-refractivity contribution in [2.24, 2.45) is 0 Å². The van der Waals surface area contributed by atoms with E-state index in [4.69, 9.17) is 0 Å². The fraction of sp³-hybridized carbons (Fsp3) is 0.643. The molecule has 1 aliphatic heterocycles. The van der Waals surface area contributed by atoms with Gasteiger partial charge in [0, 0.05) is 18.8 Å². The van der Waals surface area contributed by atoms with Crippen LogP contribution in [0.2, 0.25) is 0 Å². The highest BCUT2D eigenvalue weighted by atomic mass is 15.3. The molecule has 1 aromatic heterocycles. The lowest BCUT2D eigenvalue weighted by Gasteiger charge is -2.23. The van der Waals surface area contributed by atoms with Crippen molar-refractivity contribution in [3.63, 3.8) is 0 Å². The molecule has 1 fully saturated rings. The minimum Gasteiger partial charge on any atom is -0.295 e. The molecule has 0 saturated carbocycles. The van der Waals surface area contributed by atoms with Gasteiger partial charge in [-0.15, -0.1) is 0 Å². The standard InChI is InChI=1S/C14H23N3/c1-12(2)6-8-16-7-4-5-14(16)11-17-10-13(3)9-15-17/h6,9-10,14H,4-5,7-8,11H2,1-3H3. The first-order valence-corrected chi connectivity index (χ1v) is 6.51. The van der Waals surface area contributed by atoms with Crippen molar-refractivity contribution < 1.29 is 0 Å². The molecule has 0 N–H and O–H groups in total. The van der Waals surface area contributed by atoms with E-state index in [1.807, 2.05) is 6.20 Å². The lowest BCUT2D eigenvalue weighted by Crippen LogP contribution is -2.33. The van der Waals surface area contributed by atoms with Crippen molar-refractivity contribution in [2.75, 3.05) is 13.1 Å². The molecule has 17 heavy (non-hydrogen) atoms. The molecule has 1 aliphatic rings. The van der Waals surface area contributed by atoms with Crippen LogP contribution in [0.3, 0.4) is 0 Å². The highest BCUT2D eigenvalue weighted by Crippen LogP contribution is 2.18. The average molecular weight is 233 g/mol. The van der Waals surface area contributed by atoms with Crippen LogP contribution >= 0.6 is 0 Å². The van der Waals surface area contributed by atoms with Crippen LogP contribution in [0.25, 0.3) is 0 Å². The normalized spacial score (nSPS) is 20.8. The van der Waals surface area contributed by atoms with Crippen molar-refractivity contribution in [3.05, 3.63) is 29.6 Å². The van der Waals surface area contributed by atoms with E-state index in [0.29, 0.717) is 6.04 Å². The van der Waals surface area contributed by atoms with E-state index in [1.54, 1.807) is 0 Å². The second-order valence-corrected chi connectivity index (χ2v) is 5.31. The molecule has 1 unspecified atom stereocenters. The van der Waals surface area contributed by atoms with E-state index in [0.717, 1.165) is 13.1 Å². The molecular formula is C14H23N3. The molecule has 1 saturated heterocycles. The largest absolute Gasteiger partial charge is 0.295 e. The third-order valence-electron chi connectivity index (χ3n) is 3.39. The van der Waals surface area contributed by atoms with Crippen LogP contribution in [0.1, 0.15) is 32.3 Å². The molecule has 3 nitrogen and oxygen atoms in total. The molecule has 0 aliphatic carbocycles. The summed E-state index contributed by atoms with van der Waals surface area (Å²) in [6.45, 7) is 9.79. The SMILES string of the molecule is CC(C)=CCN1CCCC1Cn1cc(C)cn1. The van der Waals surface area contributed by atoms with Gasteiger partial charge in [-0.25, -0.2) is 0 Å². The minimum atomic E-state index is 0.657. The van der Waals surface area contributed by atoms with Gasteiger partial charge in [0.25, 0.3) is 0 Å². The highest BCUT2D eigenvalue weighted by molar-refractivity contribution is 5.00. The van der Waals surface area contributed by atoms with Crippen LogP contribution in [0.4, 0.5) is 0 Å². The van der Waals surface area contributed by atoms with E-state index in [-0.39, 0.29) is 0 Å². The molecule has 0 amide bonds. The van der Waals surface area contributed by atoms with Gasteiger partial charge in [-0.05, 0) is 45.7 Å². The van der Waals surface area contributed by atoms with Crippen LogP contribution in [-0.4, -0.2) is 33.8 Å². The maximum absolute atomic E-state index is 4.38. The van der Waals surface area contributed by atoms with E-state index >= 15 is 0 Å². The van der Waals surface area contributed by atoms with Crippen LogP contribution in [0.5, 0.6) is 0 Å². The fourth-order valence-electron chi connectivity index (χ4n) is 2.42. The second kappa shape index (κ2) is 5.50. The van der Waals surface area contributed by atoms with Crippen LogP contribution in [0, 0.1) is 6.92 Å². The van der Waals surface area contributed by atoms with Gasteiger partial charge in [0.2, 0.25) is 0 Å². The molecule has 0 bridgehead atoms. The zero-order valence-corrected chi connectivity index (χ0v) is 11.2. The van der Waals surface area contributed by atoms with Crippen LogP contribution in [0.15, 0.2) is 24.0 Å². The van der Waals surface area contributed by atoms with E-state index in [9.17, 15) is 0 Å². The Kier molecular flexibility index (Phi) is 4.00. The van der Waals surface area contributed by atoms with Crippen molar-refractivity contribution in [1.82, 2.24) is 14.7 Å². The lowest BCUT2D eigenvalue weighted by atomic mass is 10.2. The van der Waals surface area contributed by atoms with Crippen molar-refractivity contribution in [2.45, 2.75) is 46.2 Å².